The Bertz CT molecular complexity index is 617. The van der Waals surface area contributed by atoms with Gasteiger partial charge in [-0.1, -0.05) is 0 Å². The summed E-state index contributed by atoms with van der Waals surface area (Å²) in [5.41, 5.74) is 2.64. The van der Waals surface area contributed by atoms with Crippen molar-refractivity contribution in [1.29, 1.82) is 0 Å². The van der Waals surface area contributed by atoms with Crippen LogP contribution in [0.2, 0.25) is 0 Å². The predicted molar refractivity (Wildman–Crippen MR) is 70.1 cm³/mol. The summed E-state index contributed by atoms with van der Waals surface area (Å²) < 4.78 is 6.83. The van der Waals surface area contributed by atoms with Crippen molar-refractivity contribution in [3.63, 3.8) is 0 Å². The molecule has 2 heterocycles. The van der Waals surface area contributed by atoms with Crippen molar-refractivity contribution >= 4 is 0 Å². The van der Waals surface area contributed by atoms with Crippen LogP contribution in [-0.4, -0.2) is 16.7 Å². The van der Waals surface area contributed by atoms with E-state index in [4.69, 9.17) is 4.74 Å². The summed E-state index contributed by atoms with van der Waals surface area (Å²) >= 11 is 0. The number of rotatable bonds is 3. The second-order valence-corrected chi connectivity index (χ2v) is 4.31. The fourth-order valence-corrected chi connectivity index (χ4v) is 1.81. The van der Waals surface area contributed by atoms with Crippen molar-refractivity contribution in [2.75, 3.05) is 7.11 Å². The first kappa shape index (κ1) is 12.4. The lowest BCUT2D eigenvalue weighted by Gasteiger charge is -2.08. The van der Waals surface area contributed by atoms with E-state index in [1.54, 1.807) is 23.9 Å². The largest absolute Gasteiger partial charge is 0.497 e. The molecule has 0 spiro atoms. The SMILES string of the molecule is COc1cc(C)nc(Cn2ccc(C)cc2=O)c1. The maximum absolute atomic E-state index is 11.8. The third-order valence-electron chi connectivity index (χ3n) is 2.70. The molecule has 2 rings (SSSR count). The van der Waals surface area contributed by atoms with E-state index < -0.39 is 0 Å². The van der Waals surface area contributed by atoms with Crippen molar-refractivity contribution in [3.8, 4) is 5.75 Å². The number of methoxy groups -OCH3 is 1. The molecular formula is C14H16N2O2. The molecule has 0 radical (unpaired) electrons. The fraction of sp³-hybridized carbons (Fsp3) is 0.286. The van der Waals surface area contributed by atoms with Crippen LogP contribution in [0.4, 0.5) is 0 Å². The molecule has 18 heavy (non-hydrogen) atoms. The number of aromatic nitrogens is 2. The molecule has 0 aliphatic heterocycles. The number of hydrogen-bond donors (Lipinski definition) is 0. The molecule has 0 aromatic carbocycles. The lowest BCUT2D eigenvalue weighted by molar-refractivity contribution is 0.413. The minimum Gasteiger partial charge on any atom is -0.497 e. The lowest BCUT2D eigenvalue weighted by atomic mass is 10.2. The van der Waals surface area contributed by atoms with Crippen molar-refractivity contribution in [2.24, 2.45) is 0 Å². The number of hydrogen-bond acceptors (Lipinski definition) is 3. The first-order valence-electron chi connectivity index (χ1n) is 5.77. The molecule has 0 bridgehead atoms. The molecular weight excluding hydrogens is 228 g/mol. The van der Waals surface area contributed by atoms with Crippen LogP contribution in [-0.2, 0) is 6.54 Å². The molecule has 94 valence electrons. The zero-order valence-electron chi connectivity index (χ0n) is 10.8. The topological polar surface area (TPSA) is 44.1 Å². The van der Waals surface area contributed by atoms with Gasteiger partial charge in [-0.15, -0.1) is 0 Å². The summed E-state index contributed by atoms with van der Waals surface area (Å²) in [6.45, 7) is 4.26. The maximum atomic E-state index is 11.8. The highest BCUT2D eigenvalue weighted by atomic mass is 16.5. The summed E-state index contributed by atoms with van der Waals surface area (Å²) in [6, 6.07) is 7.24. The van der Waals surface area contributed by atoms with Gasteiger partial charge in [-0.3, -0.25) is 9.78 Å². The highest BCUT2D eigenvalue weighted by molar-refractivity contribution is 5.27. The Morgan fingerprint density at radius 1 is 1.28 bits per heavy atom. The highest BCUT2D eigenvalue weighted by Crippen LogP contribution is 2.13. The molecule has 2 aromatic heterocycles. The van der Waals surface area contributed by atoms with Crippen LogP contribution in [0.3, 0.4) is 0 Å². The van der Waals surface area contributed by atoms with E-state index in [1.807, 2.05) is 32.0 Å². The third kappa shape index (κ3) is 2.77. The lowest BCUT2D eigenvalue weighted by Crippen LogP contribution is -2.19. The molecule has 0 saturated carbocycles. The molecule has 0 unspecified atom stereocenters. The molecule has 0 atom stereocenters. The molecule has 0 N–H and O–H groups in total. The molecule has 2 aromatic rings. The quantitative estimate of drug-likeness (QED) is 0.828. The number of ether oxygens (including phenoxy) is 1. The Labute approximate surface area is 106 Å². The summed E-state index contributed by atoms with van der Waals surface area (Å²) in [5.74, 6) is 0.762. The van der Waals surface area contributed by atoms with Gasteiger partial charge in [0.15, 0.2) is 0 Å². The zero-order chi connectivity index (χ0) is 13.1. The Morgan fingerprint density at radius 3 is 2.72 bits per heavy atom. The molecule has 0 aliphatic carbocycles. The van der Waals surface area contributed by atoms with Gasteiger partial charge in [0.1, 0.15) is 5.75 Å². The monoisotopic (exact) mass is 244 g/mol. The van der Waals surface area contributed by atoms with E-state index in [0.29, 0.717) is 6.54 Å². The number of aryl methyl sites for hydroxylation is 2. The molecule has 0 fully saturated rings. The Hall–Kier alpha value is -2.10. The number of pyridine rings is 2. The molecule has 4 heteroatoms. The van der Waals surface area contributed by atoms with Gasteiger partial charge < -0.3 is 9.30 Å². The van der Waals surface area contributed by atoms with Crippen molar-refractivity contribution < 1.29 is 4.74 Å². The van der Waals surface area contributed by atoms with Crippen LogP contribution in [0.25, 0.3) is 0 Å². The van der Waals surface area contributed by atoms with E-state index in [1.165, 1.54) is 0 Å². The first-order valence-corrected chi connectivity index (χ1v) is 5.77. The van der Waals surface area contributed by atoms with Crippen LogP contribution in [0, 0.1) is 13.8 Å². The molecule has 4 nitrogen and oxygen atoms in total. The molecule has 0 amide bonds. The second kappa shape index (κ2) is 5.04. The first-order chi connectivity index (χ1) is 8.58. The van der Waals surface area contributed by atoms with Gasteiger partial charge in [0.2, 0.25) is 0 Å². The van der Waals surface area contributed by atoms with Crippen molar-refractivity contribution in [3.05, 3.63) is 57.8 Å². The third-order valence-corrected chi connectivity index (χ3v) is 2.70. The smallest absolute Gasteiger partial charge is 0.251 e. The van der Waals surface area contributed by atoms with Gasteiger partial charge in [0, 0.05) is 30.1 Å². The second-order valence-electron chi connectivity index (χ2n) is 4.31. The fourth-order valence-electron chi connectivity index (χ4n) is 1.81. The van der Waals surface area contributed by atoms with Gasteiger partial charge in [0.25, 0.3) is 5.56 Å². The van der Waals surface area contributed by atoms with E-state index in [2.05, 4.69) is 4.98 Å². The minimum absolute atomic E-state index is 0.0164. The van der Waals surface area contributed by atoms with E-state index in [9.17, 15) is 4.79 Å². The van der Waals surface area contributed by atoms with Crippen LogP contribution in [0.1, 0.15) is 17.0 Å². The zero-order valence-corrected chi connectivity index (χ0v) is 10.8. The van der Waals surface area contributed by atoms with Gasteiger partial charge in [-0.05, 0) is 25.5 Å². The van der Waals surface area contributed by atoms with Gasteiger partial charge >= 0.3 is 0 Å². The normalized spacial score (nSPS) is 10.4. The van der Waals surface area contributed by atoms with Gasteiger partial charge in [0.05, 0.1) is 19.3 Å². The standard InChI is InChI=1S/C14H16N2O2/c1-10-4-5-16(14(17)6-10)9-12-8-13(18-3)7-11(2)15-12/h4-8H,9H2,1-3H3. The molecule has 0 saturated heterocycles. The average Bonchev–Trinajstić information content (AvgIpc) is 2.32. The van der Waals surface area contributed by atoms with E-state index in [0.717, 1.165) is 22.7 Å². The summed E-state index contributed by atoms with van der Waals surface area (Å²) in [7, 11) is 1.62. The van der Waals surface area contributed by atoms with Crippen molar-refractivity contribution in [1.82, 2.24) is 9.55 Å². The predicted octanol–water partition coefficient (Wildman–Crippen LogP) is 1.92. The summed E-state index contributed by atoms with van der Waals surface area (Å²) in [6.07, 6.45) is 1.79. The van der Waals surface area contributed by atoms with Crippen LogP contribution < -0.4 is 10.3 Å². The van der Waals surface area contributed by atoms with Crippen LogP contribution in [0.15, 0.2) is 35.3 Å². The average molecular weight is 244 g/mol. The Morgan fingerprint density at radius 2 is 2.06 bits per heavy atom. The Balaban J connectivity index is 2.33. The Kier molecular flexibility index (Phi) is 3.46. The van der Waals surface area contributed by atoms with E-state index >= 15 is 0 Å². The highest BCUT2D eigenvalue weighted by Gasteiger charge is 2.03. The minimum atomic E-state index is -0.0164. The van der Waals surface area contributed by atoms with Crippen molar-refractivity contribution in [2.45, 2.75) is 20.4 Å². The molecule has 0 aliphatic rings. The van der Waals surface area contributed by atoms with Gasteiger partial charge in [-0.25, -0.2) is 0 Å². The summed E-state index contributed by atoms with van der Waals surface area (Å²) in [5, 5.41) is 0. The van der Waals surface area contributed by atoms with Gasteiger partial charge in [-0.2, -0.15) is 0 Å². The summed E-state index contributed by atoms with van der Waals surface area (Å²) in [4.78, 5) is 16.2. The van der Waals surface area contributed by atoms with E-state index in [-0.39, 0.29) is 5.56 Å². The van der Waals surface area contributed by atoms with Crippen LogP contribution in [0.5, 0.6) is 5.75 Å². The maximum Gasteiger partial charge on any atom is 0.251 e. The number of nitrogens with zero attached hydrogens (tertiary/aromatic N) is 2. The van der Waals surface area contributed by atoms with Crippen LogP contribution >= 0.6 is 0 Å².